The second kappa shape index (κ2) is 7.38. The minimum absolute atomic E-state index is 0.0445. The second-order valence-electron chi connectivity index (χ2n) is 6.68. The molecule has 0 saturated heterocycles. The molecule has 0 spiro atoms. The number of anilines is 1. The molecule has 29 heavy (non-hydrogen) atoms. The van der Waals surface area contributed by atoms with Crippen LogP contribution in [0.1, 0.15) is 5.56 Å². The summed E-state index contributed by atoms with van der Waals surface area (Å²) in [7, 11) is 0. The predicted octanol–water partition coefficient (Wildman–Crippen LogP) is 3.68. The Morgan fingerprint density at radius 1 is 1.14 bits per heavy atom. The van der Waals surface area contributed by atoms with Crippen LogP contribution in [0.25, 0.3) is 21.1 Å². The number of aromatic nitrogens is 3. The first kappa shape index (κ1) is 18.0. The maximum atomic E-state index is 13.0. The minimum Gasteiger partial charge on any atom is -0.310 e. The number of carbonyl (C=O) groups is 1. The van der Waals surface area contributed by atoms with Crippen molar-refractivity contribution < 1.29 is 4.79 Å². The highest BCUT2D eigenvalue weighted by Gasteiger charge is 2.24. The van der Waals surface area contributed by atoms with Crippen molar-refractivity contribution in [3.8, 4) is 21.1 Å². The van der Waals surface area contributed by atoms with Gasteiger partial charge < -0.3 is 4.90 Å². The van der Waals surface area contributed by atoms with Crippen molar-refractivity contribution in [3.05, 3.63) is 75.6 Å². The maximum Gasteiger partial charge on any atom is 0.264 e. The molecule has 0 radical (unpaired) electrons. The molecule has 1 aliphatic rings. The molecule has 4 aromatic rings. The number of thiophene rings is 1. The van der Waals surface area contributed by atoms with Gasteiger partial charge in [0, 0.05) is 23.8 Å². The van der Waals surface area contributed by atoms with Crippen LogP contribution in [0.4, 0.5) is 5.69 Å². The van der Waals surface area contributed by atoms with Gasteiger partial charge in [0.15, 0.2) is 0 Å². The van der Waals surface area contributed by atoms with Crippen molar-refractivity contribution in [2.45, 2.75) is 13.0 Å². The normalized spacial score (nSPS) is 12.9. The number of benzene rings is 1. The highest BCUT2D eigenvalue weighted by Crippen LogP contribution is 2.30. The molecule has 3 aromatic heterocycles. The fourth-order valence-electron chi connectivity index (χ4n) is 3.47. The van der Waals surface area contributed by atoms with Crippen LogP contribution in [0.3, 0.4) is 0 Å². The van der Waals surface area contributed by atoms with E-state index in [1.165, 1.54) is 28.4 Å². The van der Waals surface area contributed by atoms with Crippen LogP contribution < -0.4 is 10.5 Å². The van der Waals surface area contributed by atoms with Gasteiger partial charge in [0.25, 0.3) is 5.56 Å². The summed E-state index contributed by atoms with van der Waals surface area (Å²) >= 11 is 3.01. The van der Waals surface area contributed by atoms with E-state index in [-0.39, 0.29) is 18.0 Å². The van der Waals surface area contributed by atoms with E-state index in [0.29, 0.717) is 17.1 Å². The number of hydrogen-bond donors (Lipinski definition) is 0. The number of nitrogens with zero attached hydrogens (tertiary/aromatic N) is 4. The summed E-state index contributed by atoms with van der Waals surface area (Å²) in [6, 6.07) is 11.8. The highest BCUT2D eigenvalue weighted by molar-refractivity contribution is 7.15. The van der Waals surface area contributed by atoms with Crippen molar-refractivity contribution in [3.63, 3.8) is 0 Å². The Balaban J connectivity index is 1.42. The molecule has 5 rings (SSSR count). The topological polar surface area (TPSA) is 68.1 Å². The molecule has 6 nitrogen and oxygen atoms in total. The van der Waals surface area contributed by atoms with Crippen LogP contribution in [-0.4, -0.2) is 27.0 Å². The van der Waals surface area contributed by atoms with Crippen LogP contribution in [0.2, 0.25) is 0 Å². The molecule has 0 N–H and O–H groups in total. The van der Waals surface area contributed by atoms with E-state index in [9.17, 15) is 9.59 Å². The Morgan fingerprint density at radius 2 is 2.03 bits per heavy atom. The number of thiazole rings is 1. The van der Waals surface area contributed by atoms with E-state index in [0.717, 1.165) is 28.2 Å². The highest BCUT2D eigenvalue weighted by atomic mass is 32.1. The van der Waals surface area contributed by atoms with Gasteiger partial charge in [-0.05, 0) is 29.5 Å². The summed E-state index contributed by atoms with van der Waals surface area (Å²) < 4.78 is 1.37. The first-order valence-corrected chi connectivity index (χ1v) is 10.9. The fourth-order valence-corrected chi connectivity index (χ4v) is 5.06. The molecule has 8 heteroatoms. The van der Waals surface area contributed by atoms with E-state index >= 15 is 0 Å². The Bertz CT molecular complexity index is 1240. The number of fused-ring (bicyclic) bond motifs is 1. The van der Waals surface area contributed by atoms with Gasteiger partial charge in [-0.15, -0.1) is 22.7 Å². The van der Waals surface area contributed by atoms with Gasteiger partial charge in [-0.25, -0.2) is 9.97 Å². The molecule has 0 fully saturated rings. The summed E-state index contributed by atoms with van der Waals surface area (Å²) in [5.41, 5.74) is 3.08. The van der Waals surface area contributed by atoms with E-state index in [1.54, 1.807) is 16.2 Å². The standard InChI is InChI=1S/C21H16N4O2S2/c26-19(25-8-7-14-4-1-2-5-17(14)25)11-24-13-22-10-15(21(24)27)20-23-16(12-29-20)18-6-3-9-28-18/h1-6,9-10,12-13H,7-8,11H2. The van der Waals surface area contributed by atoms with Crippen LogP contribution in [0.15, 0.2) is 64.5 Å². The van der Waals surface area contributed by atoms with Gasteiger partial charge >= 0.3 is 0 Å². The molecule has 0 atom stereocenters. The molecule has 1 amide bonds. The number of carbonyl (C=O) groups excluding carboxylic acids is 1. The average molecular weight is 421 g/mol. The fraction of sp³-hybridized carbons (Fsp3) is 0.143. The third kappa shape index (κ3) is 3.30. The predicted molar refractivity (Wildman–Crippen MR) is 115 cm³/mol. The van der Waals surface area contributed by atoms with Gasteiger partial charge in [-0.3, -0.25) is 14.2 Å². The van der Waals surface area contributed by atoms with Crippen LogP contribution in [-0.2, 0) is 17.8 Å². The average Bonchev–Trinajstić information content (AvgIpc) is 3.49. The molecular weight excluding hydrogens is 404 g/mol. The lowest BCUT2D eigenvalue weighted by Crippen LogP contribution is -2.35. The molecule has 0 saturated carbocycles. The summed E-state index contributed by atoms with van der Waals surface area (Å²) in [6.45, 7) is 0.591. The van der Waals surface area contributed by atoms with E-state index < -0.39 is 0 Å². The van der Waals surface area contributed by atoms with Gasteiger partial charge in [-0.1, -0.05) is 24.3 Å². The number of amides is 1. The SMILES string of the molecule is O=C(Cn1cncc(-c2nc(-c3cccs3)cs2)c1=O)N1CCc2ccccc21. The van der Waals surface area contributed by atoms with Crippen molar-refractivity contribution in [2.75, 3.05) is 11.4 Å². The van der Waals surface area contributed by atoms with Gasteiger partial charge in [0.05, 0.1) is 22.5 Å². The third-order valence-corrected chi connectivity index (χ3v) is 6.67. The zero-order valence-electron chi connectivity index (χ0n) is 15.3. The van der Waals surface area contributed by atoms with Crippen LogP contribution in [0.5, 0.6) is 0 Å². The lowest BCUT2D eigenvalue weighted by atomic mass is 10.2. The molecule has 1 aliphatic heterocycles. The zero-order valence-corrected chi connectivity index (χ0v) is 16.9. The Kier molecular flexibility index (Phi) is 4.57. The molecular formula is C21H16N4O2S2. The zero-order chi connectivity index (χ0) is 19.8. The molecule has 144 valence electrons. The molecule has 0 bridgehead atoms. The summed E-state index contributed by atoms with van der Waals surface area (Å²) in [6.07, 6.45) is 3.77. The van der Waals surface area contributed by atoms with Gasteiger partial charge in [0.1, 0.15) is 11.6 Å². The third-order valence-electron chi connectivity index (χ3n) is 4.90. The van der Waals surface area contributed by atoms with Crippen molar-refractivity contribution in [2.24, 2.45) is 0 Å². The van der Waals surface area contributed by atoms with Crippen molar-refractivity contribution in [1.82, 2.24) is 14.5 Å². The van der Waals surface area contributed by atoms with Crippen molar-refractivity contribution in [1.29, 1.82) is 0 Å². The maximum absolute atomic E-state index is 13.0. The Hall–Kier alpha value is -3.10. The Labute approximate surface area is 174 Å². The lowest BCUT2D eigenvalue weighted by Gasteiger charge is -2.18. The summed E-state index contributed by atoms with van der Waals surface area (Å²) in [4.78, 5) is 37.4. The quantitative estimate of drug-likeness (QED) is 0.505. The van der Waals surface area contributed by atoms with E-state index in [1.807, 2.05) is 47.2 Å². The Morgan fingerprint density at radius 3 is 2.90 bits per heavy atom. The van der Waals surface area contributed by atoms with Crippen LogP contribution >= 0.6 is 22.7 Å². The molecule has 4 heterocycles. The minimum atomic E-state index is -0.257. The smallest absolute Gasteiger partial charge is 0.264 e. The summed E-state index contributed by atoms with van der Waals surface area (Å²) in [5.74, 6) is -0.116. The second-order valence-corrected chi connectivity index (χ2v) is 8.49. The first-order valence-electron chi connectivity index (χ1n) is 9.13. The van der Waals surface area contributed by atoms with Gasteiger partial charge in [-0.2, -0.15) is 0 Å². The van der Waals surface area contributed by atoms with Gasteiger partial charge in [0.2, 0.25) is 5.91 Å². The first-order chi connectivity index (χ1) is 14.2. The largest absolute Gasteiger partial charge is 0.310 e. The number of hydrogen-bond acceptors (Lipinski definition) is 6. The number of rotatable bonds is 4. The molecule has 0 unspecified atom stereocenters. The molecule has 0 aliphatic carbocycles. The summed E-state index contributed by atoms with van der Waals surface area (Å²) in [5, 5.41) is 4.54. The van der Waals surface area contributed by atoms with Crippen molar-refractivity contribution >= 4 is 34.3 Å². The lowest BCUT2D eigenvalue weighted by molar-refractivity contribution is -0.119. The van der Waals surface area contributed by atoms with E-state index in [2.05, 4.69) is 9.97 Å². The van der Waals surface area contributed by atoms with E-state index in [4.69, 9.17) is 0 Å². The number of para-hydroxylation sites is 1. The monoisotopic (exact) mass is 420 g/mol. The van der Waals surface area contributed by atoms with Crippen LogP contribution in [0, 0.1) is 0 Å². The molecule has 1 aromatic carbocycles.